The summed E-state index contributed by atoms with van der Waals surface area (Å²) in [6.45, 7) is 3.85. The molecule has 6 nitrogen and oxygen atoms in total. The van der Waals surface area contributed by atoms with E-state index in [1.807, 2.05) is 73.8 Å². The Labute approximate surface area is 209 Å². The van der Waals surface area contributed by atoms with Crippen LogP contribution in [0.3, 0.4) is 0 Å². The van der Waals surface area contributed by atoms with Crippen molar-refractivity contribution in [1.82, 2.24) is 10.3 Å². The van der Waals surface area contributed by atoms with Gasteiger partial charge in [0.2, 0.25) is 11.8 Å². The first-order valence-corrected chi connectivity index (χ1v) is 12.3. The molecule has 4 aromatic rings. The Kier molecular flexibility index (Phi) is 7.77. The first-order valence-electron chi connectivity index (χ1n) is 11.5. The molecule has 4 rings (SSSR count). The number of carbonyl (C=O) groups is 2. The van der Waals surface area contributed by atoms with E-state index in [0.29, 0.717) is 6.54 Å². The summed E-state index contributed by atoms with van der Waals surface area (Å²) in [4.78, 5) is 28.5. The molecular weight excluding hydrogens is 458 g/mol. The number of nitrogens with one attached hydrogen (secondary N) is 3. The topological polar surface area (TPSA) is 83.2 Å². The molecule has 2 unspecified atom stereocenters. The summed E-state index contributed by atoms with van der Waals surface area (Å²) in [6.07, 6.45) is 2.03. The number of methoxy groups -OCH3 is 1. The van der Waals surface area contributed by atoms with Crippen LogP contribution in [0, 0.1) is 0 Å². The maximum atomic E-state index is 13.0. The minimum Gasteiger partial charge on any atom is -0.497 e. The fourth-order valence-corrected chi connectivity index (χ4v) is 4.94. The Morgan fingerprint density at radius 3 is 2.40 bits per heavy atom. The number of benzene rings is 3. The molecule has 0 saturated heterocycles. The van der Waals surface area contributed by atoms with Crippen molar-refractivity contribution in [3.8, 4) is 5.75 Å². The third-order valence-corrected chi connectivity index (χ3v) is 6.96. The van der Waals surface area contributed by atoms with Crippen LogP contribution in [-0.2, 0) is 9.59 Å². The van der Waals surface area contributed by atoms with E-state index in [-0.39, 0.29) is 23.0 Å². The molecule has 0 aliphatic carbocycles. The minimum absolute atomic E-state index is 0.0184. The van der Waals surface area contributed by atoms with Gasteiger partial charge >= 0.3 is 0 Å². The van der Waals surface area contributed by atoms with Crippen molar-refractivity contribution >= 4 is 40.2 Å². The Hall–Kier alpha value is -3.71. The lowest BCUT2D eigenvalue weighted by Crippen LogP contribution is -2.34. The van der Waals surface area contributed by atoms with Gasteiger partial charge in [-0.1, -0.05) is 30.3 Å². The van der Waals surface area contributed by atoms with E-state index < -0.39 is 0 Å². The molecule has 7 heteroatoms. The summed E-state index contributed by atoms with van der Waals surface area (Å²) in [7, 11) is 1.65. The first-order chi connectivity index (χ1) is 16.9. The van der Waals surface area contributed by atoms with Gasteiger partial charge in [0.1, 0.15) is 5.75 Å². The smallest absolute Gasteiger partial charge is 0.233 e. The number of aromatic nitrogens is 1. The van der Waals surface area contributed by atoms with Gasteiger partial charge in [0.05, 0.1) is 12.4 Å². The lowest BCUT2D eigenvalue weighted by atomic mass is 9.90. The van der Waals surface area contributed by atoms with Gasteiger partial charge in [-0.3, -0.25) is 9.59 Å². The van der Waals surface area contributed by atoms with Gasteiger partial charge < -0.3 is 20.4 Å². The predicted octanol–water partition coefficient (Wildman–Crippen LogP) is 5.56. The van der Waals surface area contributed by atoms with Gasteiger partial charge in [0, 0.05) is 47.1 Å². The normalized spacial score (nSPS) is 12.7. The maximum absolute atomic E-state index is 13.0. The summed E-state index contributed by atoms with van der Waals surface area (Å²) in [5, 5.41) is 6.78. The number of hydrogen-bond donors (Lipinski definition) is 3. The van der Waals surface area contributed by atoms with Gasteiger partial charge in [-0.15, -0.1) is 11.8 Å². The molecule has 2 atom stereocenters. The number of aromatic amines is 1. The zero-order valence-corrected chi connectivity index (χ0v) is 20.8. The number of thioether (sulfide) groups is 1. The molecule has 180 valence electrons. The highest BCUT2D eigenvalue weighted by Crippen LogP contribution is 2.32. The molecule has 3 N–H and O–H groups in total. The Morgan fingerprint density at radius 1 is 1.00 bits per heavy atom. The number of fused-ring (bicyclic) bond motifs is 1. The van der Waals surface area contributed by atoms with E-state index in [1.54, 1.807) is 7.11 Å². The minimum atomic E-state index is -0.277. The van der Waals surface area contributed by atoms with Crippen LogP contribution >= 0.6 is 11.8 Å². The summed E-state index contributed by atoms with van der Waals surface area (Å²) in [6, 6.07) is 23.7. The van der Waals surface area contributed by atoms with Gasteiger partial charge in [-0.2, -0.15) is 0 Å². The van der Waals surface area contributed by atoms with Crippen LogP contribution < -0.4 is 15.4 Å². The average Bonchev–Trinajstić information content (AvgIpc) is 3.29. The van der Waals surface area contributed by atoms with E-state index in [2.05, 4.69) is 27.8 Å². The highest BCUT2D eigenvalue weighted by atomic mass is 32.2. The summed E-state index contributed by atoms with van der Waals surface area (Å²) in [5.74, 6) is 0.638. The highest BCUT2D eigenvalue weighted by Gasteiger charge is 2.21. The van der Waals surface area contributed by atoms with Gasteiger partial charge in [0.25, 0.3) is 0 Å². The summed E-state index contributed by atoms with van der Waals surface area (Å²) >= 11 is 1.48. The van der Waals surface area contributed by atoms with Crippen LogP contribution in [0.5, 0.6) is 5.75 Å². The van der Waals surface area contributed by atoms with E-state index in [0.717, 1.165) is 38.4 Å². The zero-order chi connectivity index (χ0) is 24.8. The second kappa shape index (κ2) is 11.1. The van der Waals surface area contributed by atoms with Gasteiger partial charge in [0.15, 0.2) is 0 Å². The van der Waals surface area contributed by atoms with E-state index >= 15 is 0 Å². The van der Waals surface area contributed by atoms with Crippen LogP contribution in [0.15, 0.2) is 83.9 Å². The number of carbonyl (C=O) groups excluding carboxylic acids is 2. The summed E-state index contributed by atoms with van der Waals surface area (Å²) < 4.78 is 5.32. The highest BCUT2D eigenvalue weighted by molar-refractivity contribution is 8.00. The fourth-order valence-electron chi connectivity index (χ4n) is 4.05. The summed E-state index contributed by atoms with van der Waals surface area (Å²) in [5.41, 5.74) is 4.05. The second-order valence-corrected chi connectivity index (χ2v) is 9.74. The number of para-hydroxylation sites is 1. The van der Waals surface area contributed by atoms with Gasteiger partial charge in [-0.25, -0.2) is 0 Å². The lowest BCUT2D eigenvalue weighted by Gasteiger charge is -2.20. The van der Waals surface area contributed by atoms with Crippen LogP contribution in [0.4, 0.5) is 5.69 Å². The van der Waals surface area contributed by atoms with E-state index in [4.69, 9.17) is 4.74 Å². The quantitative estimate of drug-likeness (QED) is 0.270. The molecule has 1 heterocycles. The van der Waals surface area contributed by atoms with Crippen molar-refractivity contribution in [3.63, 3.8) is 0 Å². The third kappa shape index (κ3) is 6.05. The molecule has 0 aliphatic heterocycles. The van der Waals surface area contributed by atoms with Crippen molar-refractivity contribution in [3.05, 3.63) is 90.1 Å². The molecule has 0 radical (unpaired) electrons. The Balaban J connectivity index is 1.48. The molecule has 0 bridgehead atoms. The van der Waals surface area contributed by atoms with Crippen LogP contribution in [0.25, 0.3) is 10.9 Å². The number of rotatable bonds is 9. The van der Waals surface area contributed by atoms with Crippen molar-refractivity contribution in [1.29, 1.82) is 0 Å². The van der Waals surface area contributed by atoms with Crippen LogP contribution in [0.1, 0.15) is 30.9 Å². The number of H-pyrrole nitrogens is 1. The van der Waals surface area contributed by atoms with Crippen molar-refractivity contribution in [2.24, 2.45) is 0 Å². The number of anilines is 1. The molecule has 0 fully saturated rings. The second-order valence-electron chi connectivity index (χ2n) is 8.33. The zero-order valence-electron chi connectivity index (χ0n) is 20.0. The standard InChI is InChI=1S/C28H29N3O3S/c1-18(35-23-14-10-21(11-15-23)31-19(2)32)28(33)30-16-25(20-8-12-22(34-3)13-9-20)26-17-29-27-7-5-4-6-24(26)27/h4-15,17-18,25,29H,16H2,1-3H3,(H,30,33)(H,31,32). The molecule has 1 aromatic heterocycles. The number of hydrogen-bond acceptors (Lipinski definition) is 4. The van der Waals surface area contributed by atoms with Gasteiger partial charge in [-0.05, 0) is 60.5 Å². The number of ether oxygens (including phenoxy) is 1. The van der Waals surface area contributed by atoms with E-state index in [9.17, 15) is 9.59 Å². The fraction of sp³-hybridized carbons (Fsp3) is 0.214. The SMILES string of the molecule is COc1ccc(C(CNC(=O)C(C)Sc2ccc(NC(C)=O)cc2)c2c[nH]c3ccccc23)cc1. The van der Waals surface area contributed by atoms with Crippen molar-refractivity contribution in [2.75, 3.05) is 19.0 Å². The predicted molar refractivity (Wildman–Crippen MR) is 142 cm³/mol. The first kappa shape index (κ1) is 24.4. The monoisotopic (exact) mass is 487 g/mol. The molecule has 3 aromatic carbocycles. The van der Waals surface area contributed by atoms with Crippen molar-refractivity contribution in [2.45, 2.75) is 29.9 Å². The number of amides is 2. The molecule has 2 amide bonds. The van der Waals surface area contributed by atoms with Crippen LogP contribution in [-0.4, -0.2) is 35.7 Å². The largest absolute Gasteiger partial charge is 0.497 e. The van der Waals surface area contributed by atoms with Crippen molar-refractivity contribution < 1.29 is 14.3 Å². The molecular formula is C28H29N3O3S. The maximum Gasteiger partial charge on any atom is 0.233 e. The average molecular weight is 488 g/mol. The van der Waals surface area contributed by atoms with Crippen LogP contribution in [0.2, 0.25) is 0 Å². The lowest BCUT2D eigenvalue weighted by molar-refractivity contribution is -0.120. The Morgan fingerprint density at radius 2 is 1.71 bits per heavy atom. The molecule has 0 aliphatic rings. The third-order valence-electron chi connectivity index (χ3n) is 5.85. The molecule has 35 heavy (non-hydrogen) atoms. The van der Waals surface area contributed by atoms with E-state index in [1.165, 1.54) is 18.7 Å². The Bertz CT molecular complexity index is 1300. The molecule has 0 saturated carbocycles. The molecule has 0 spiro atoms.